The molecular formula is C31H23BrClN3O4. The van der Waals surface area contributed by atoms with Gasteiger partial charge in [0.15, 0.2) is 11.5 Å². The minimum absolute atomic E-state index is 0.267. The van der Waals surface area contributed by atoms with Gasteiger partial charge in [0.1, 0.15) is 5.69 Å². The van der Waals surface area contributed by atoms with E-state index in [1.165, 1.54) is 13.3 Å². The van der Waals surface area contributed by atoms with E-state index in [0.717, 1.165) is 26.5 Å². The van der Waals surface area contributed by atoms with Crippen molar-refractivity contribution in [2.45, 2.75) is 6.92 Å². The molecule has 0 spiro atoms. The van der Waals surface area contributed by atoms with Gasteiger partial charge in [-0.15, -0.1) is 0 Å². The highest BCUT2D eigenvalue weighted by molar-refractivity contribution is 9.10. The van der Waals surface area contributed by atoms with Crippen molar-refractivity contribution in [1.29, 1.82) is 0 Å². The summed E-state index contributed by atoms with van der Waals surface area (Å²) in [6.45, 7) is 1.90. The summed E-state index contributed by atoms with van der Waals surface area (Å²) in [6.07, 6.45) is 1.47. The van der Waals surface area contributed by atoms with Crippen molar-refractivity contribution in [3.63, 3.8) is 0 Å². The summed E-state index contributed by atoms with van der Waals surface area (Å²) < 4.78 is 11.8. The number of halogens is 2. The third kappa shape index (κ3) is 5.78. The third-order valence-corrected chi connectivity index (χ3v) is 6.98. The summed E-state index contributed by atoms with van der Waals surface area (Å²) in [7, 11) is 1.48. The molecule has 200 valence electrons. The topological polar surface area (TPSA) is 92.8 Å². The van der Waals surface area contributed by atoms with Crippen LogP contribution in [0.3, 0.4) is 0 Å². The van der Waals surface area contributed by atoms with Crippen LogP contribution in [0, 0.1) is 6.92 Å². The first kappa shape index (κ1) is 27.2. The molecule has 0 saturated carbocycles. The number of carbonyl (C=O) groups excluding carboxylic acids is 2. The first-order valence-electron chi connectivity index (χ1n) is 12.2. The standard InChI is InChI=1S/C31H23BrClN3O4/c1-18-6-5-7-20(14-18)31(38)40-26-13-10-19(15-27(26)39-2)17-34-36-30(37)29-28(22-8-3-4-9-24(22)33)23-16-21(32)11-12-25(23)35-29/h3-17,35H,1-2H3,(H,36,37). The highest BCUT2D eigenvalue weighted by Gasteiger charge is 2.21. The number of aromatic nitrogens is 1. The van der Waals surface area contributed by atoms with Crippen LogP contribution >= 0.6 is 27.5 Å². The number of hydrogen-bond donors (Lipinski definition) is 2. The number of nitrogens with zero attached hydrogens (tertiary/aromatic N) is 1. The number of nitrogens with one attached hydrogen (secondary N) is 2. The van der Waals surface area contributed by atoms with E-state index in [4.69, 9.17) is 21.1 Å². The summed E-state index contributed by atoms with van der Waals surface area (Å²) in [5.74, 6) is -0.313. The molecule has 0 aliphatic heterocycles. The molecule has 0 unspecified atom stereocenters. The van der Waals surface area contributed by atoms with Gasteiger partial charge in [0.2, 0.25) is 0 Å². The normalized spacial score (nSPS) is 11.1. The lowest BCUT2D eigenvalue weighted by molar-refractivity contribution is 0.0729. The van der Waals surface area contributed by atoms with Gasteiger partial charge < -0.3 is 14.5 Å². The number of H-pyrrole nitrogens is 1. The Hall–Kier alpha value is -4.40. The Kier molecular flexibility index (Phi) is 8.00. The molecule has 0 bridgehead atoms. The highest BCUT2D eigenvalue weighted by atomic mass is 79.9. The molecule has 1 heterocycles. The maximum atomic E-state index is 13.3. The van der Waals surface area contributed by atoms with Crippen molar-refractivity contribution in [3.05, 3.63) is 117 Å². The predicted octanol–water partition coefficient (Wildman–Crippen LogP) is 7.55. The lowest BCUT2D eigenvalue weighted by Crippen LogP contribution is -2.19. The maximum Gasteiger partial charge on any atom is 0.343 e. The molecule has 1 amide bonds. The molecule has 9 heteroatoms. The fraction of sp³-hybridized carbons (Fsp3) is 0.0645. The van der Waals surface area contributed by atoms with Crippen LogP contribution in [-0.4, -0.2) is 30.2 Å². The molecule has 0 saturated heterocycles. The zero-order valence-corrected chi connectivity index (χ0v) is 23.8. The lowest BCUT2D eigenvalue weighted by Gasteiger charge is -2.10. The number of esters is 1. The Morgan fingerprint density at radius 3 is 2.58 bits per heavy atom. The molecule has 4 aromatic carbocycles. The Balaban J connectivity index is 1.37. The van der Waals surface area contributed by atoms with E-state index < -0.39 is 11.9 Å². The molecule has 7 nitrogen and oxygen atoms in total. The molecule has 2 N–H and O–H groups in total. The number of methoxy groups -OCH3 is 1. The smallest absolute Gasteiger partial charge is 0.343 e. The van der Waals surface area contributed by atoms with Gasteiger partial charge in [-0.3, -0.25) is 4.79 Å². The number of rotatable bonds is 7. The Morgan fingerprint density at radius 1 is 0.975 bits per heavy atom. The average molecular weight is 617 g/mol. The van der Waals surface area contributed by atoms with Crippen LogP contribution in [0.25, 0.3) is 22.0 Å². The first-order valence-corrected chi connectivity index (χ1v) is 13.4. The first-order chi connectivity index (χ1) is 19.3. The van der Waals surface area contributed by atoms with E-state index in [0.29, 0.717) is 33.2 Å². The predicted molar refractivity (Wildman–Crippen MR) is 161 cm³/mol. The molecule has 0 radical (unpaired) electrons. The van der Waals surface area contributed by atoms with E-state index in [9.17, 15) is 9.59 Å². The van der Waals surface area contributed by atoms with Crippen molar-refractivity contribution < 1.29 is 19.1 Å². The zero-order chi connectivity index (χ0) is 28.2. The lowest BCUT2D eigenvalue weighted by atomic mass is 10.0. The zero-order valence-electron chi connectivity index (χ0n) is 21.5. The summed E-state index contributed by atoms with van der Waals surface area (Å²) in [5.41, 5.74) is 7.12. The van der Waals surface area contributed by atoms with E-state index in [1.807, 2.05) is 49.4 Å². The second-order valence-corrected chi connectivity index (χ2v) is 10.2. The Morgan fingerprint density at radius 2 is 1.80 bits per heavy atom. The third-order valence-electron chi connectivity index (χ3n) is 6.15. The van der Waals surface area contributed by atoms with Crippen molar-refractivity contribution in [3.8, 4) is 22.6 Å². The van der Waals surface area contributed by atoms with Gasteiger partial charge in [-0.05, 0) is 67.1 Å². The van der Waals surface area contributed by atoms with Gasteiger partial charge in [0.05, 0.1) is 18.9 Å². The van der Waals surface area contributed by atoms with Crippen LogP contribution in [0.4, 0.5) is 0 Å². The van der Waals surface area contributed by atoms with Gasteiger partial charge in [0.25, 0.3) is 5.91 Å². The van der Waals surface area contributed by atoms with Crippen LogP contribution in [0.1, 0.15) is 32.0 Å². The SMILES string of the molecule is COc1cc(C=NNC(=O)c2[nH]c3ccc(Br)cc3c2-c2ccccc2Cl)ccc1OC(=O)c1cccc(C)c1. The van der Waals surface area contributed by atoms with Gasteiger partial charge >= 0.3 is 5.97 Å². The monoisotopic (exact) mass is 615 g/mol. The second-order valence-electron chi connectivity index (χ2n) is 8.91. The van der Waals surface area contributed by atoms with Crippen LogP contribution in [0.2, 0.25) is 5.02 Å². The van der Waals surface area contributed by atoms with Crippen LogP contribution < -0.4 is 14.9 Å². The summed E-state index contributed by atoms with van der Waals surface area (Å²) >= 11 is 10.0. The molecule has 0 aliphatic carbocycles. The van der Waals surface area contributed by atoms with Gasteiger partial charge in [-0.25, -0.2) is 10.2 Å². The number of amides is 1. The average Bonchev–Trinajstić information content (AvgIpc) is 3.32. The maximum absolute atomic E-state index is 13.3. The van der Waals surface area contributed by atoms with Crippen molar-refractivity contribution >= 4 is 56.5 Å². The number of ether oxygens (including phenoxy) is 2. The quantitative estimate of drug-likeness (QED) is 0.0855. The molecule has 40 heavy (non-hydrogen) atoms. The van der Waals surface area contributed by atoms with E-state index in [1.54, 1.807) is 42.5 Å². The largest absolute Gasteiger partial charge is 0.493 e. The number of aryl methyl sites for hydroxylation is 1. The minimum atomic E-state index is -0.490. The van der Waals surface area contributed by atoms with Gasteiger partial charge in [0, 0.05) is 31.5 Å². The number of benzene rings is 4. The van der Waals surface area contributed by atoms with Crippen molar-refractivity contribution in [2.24, 2.45) is 5.10 Å². The molecular weight excluding hydrogens is 594 g/mol. The highest BCUT2D eigenvalue weighted by Crippen LogP contribution is 2.37. The van der Waals surface area contributed by atoms with Crippen LogP contribution in [0.15, 0.2) is 94.5 Å². The molecule has 0 fully saturated rings. The summed E-state index contributed by atoms with van der Waals surface area (Å²) in [5, 5.41) is 5.50. The summed E-state index contributed by atoms with van der Waals surface area (Å²) in [4.78, 5) is 29.0. The Bertz CT molecular complexity index is 1780. The molecule has 0 atom stereocenters. The molecule has 5 aromatic rings. The summed E-state index contributed by atoms with van der Waals surface area (Å²) in [6, 6.07) is 25.2. The fourth-order valence-corrected chi connectivity index (χ4v) is 4.87. The fourth-order valence-electron chi connectivity index (χ4n) is 4.28. The van der Waals surface area contributed by atoms with Crippen molar-refractivity contribution in [1.82, 2.24) is 10.4 Å². The molecule has 1 aromatic heterocycles. The van der Waals surface area contributed by atoms with E-state index in [-0.39, 0.29) is 5.75 Å². The number of hydrazone groups is 1. The van der Waals surface area contributed by atoms with Gasteiger partial charge in [-0.1, -0.05) is 63.4 Å². The number of carbonyl (C=O) groups is 2. The van der Waals surface area contributed by atoms with Gasteiger partial charge in [-0.2, -0.15) is 5.10 Å². The minimum Gasteiger partial charge on any atom is -0.493 e. The number of hydrogen-bond acceptors (Lipinski definition) is 5. The van der Waals surface area contributed by atoms with Crippen molar-refractivity contribution in [2.75, 3.05) is 7.11 Å². The van der Waals surface area contributed by atoms with E-state index >= 15 is 0 Å². The number of aromatic amines is 1. The van der Waals surface area contributed by atoms with E-state index in [2.05, 4.69) is 31.4 Å². The van der Waals surface area contributed by atoms with Crippen LogP contribution in [0.5, 0.6) is 11.5 Å². The Labute approximate surface area is 243 Å². The number of fused-ring (bicyclic) bond motifs is 1. The molecule has 5 rings (SSSR count). The molecule has 0 aliphatic rings. The second kappa shape index (κ2) is 11.8. The van der Waals surface area contributed by atoms with Crippen LogP contribution in [-0.2, 0) is 0 Å².